The Bertz CT molecular complexity index is 593. The van der Waals surface area contributed by atoms with Crippen molar-refractivity contribution in [3.05, 3.63) is 41.6 Å². The number of carboxylic acids is 1. The summed E-state index contributed by atoms with van der Waals surface area (Å²) in [5, 5.41) is 8.56. The average molecular weight is 241 g/mol. The van der Waals surface area contributed by atoms with Gasteiger partial charge in [-0.3, -0.25) is 4.98 Å². The van der Waals surface area contributed by atoms with E-state index in [9.17, 15) is 18.0 Å². The van der Waals surface area contributed by atoms with Gasteiger partial charge in [0.05, 0.1) is 16.6 Å². The van der Waals surface area contributed by atoms with Crippen LogP contribution >= 0.6 is 0 Å². The van der Waals surface area contributed by atoms with Crippen molar-refractivity contribution in [2.75, 3.05) is 0 Å². The van der Waals surface area contributed by atoms with Crippen LogP contribution in [0.2, 0.25) is 0 Å². The van der Waals surface area contributed by atoms with Crippen LogP contribution in [0, 0.1) is 0 Å². The number of halogens is 3. The van der Waals surface area contributed by atoms with Crippen LogP contribution in [0.25, 0.3) is 10.9 Å². The maximum atomic E-state index is 12.8. The van der Waals surface area contributed by atoms with Crippen LogP contribution in [0.3, 0.4) is 0 Å². The number of nitrogens with zero attached hydrogens (tertiary/aromatic N) is 1. The van der Waals surface area contributed by atoms with E-state index in [0.29, 0.717) is 0 Å². The molecule has 1 heterocycles. The molecular weight excluding hydrogens is 235 g/mol. The summed E-state index contributed by atoms with van der Waals surface area (Å²) in [7, 11) is 0. The third kappa shape index (κ3) is 1.93. The van der Waals surface area contributed by atoms with Crippen molar-refractivity contribution in [1.29, 1.82) is 0 Å². The molecule has 17 heavy (non-hydrogen) atoms. The van der Waals surface area contributed by atoms with Crippen molar-refractivity contribution in [3.8, 4) is 0 Å². The van der Waals surface area contributed by atoms with Gasteiger partial charge >= 0.3 is 12.1 Å². The lowest BCUT2D eigenvalue weighted by Gasteiger charge is -2.12. The van der Waals surface area contributed by atoms with Gasteiger partial charge in [-0.1, -0.05) is 6.07 Å². The largest absolute Gasteiger partial charge is 0.478 e. The number of carbonyl (C=O) groups is 1. The summed E-state index contributed by atoms with van der Waals surface area (Å²) in [6.45, 7) is 0. The predicted octanol–water partition coefficient (Wildman–Crippen LogP) is 2.95. The first-order valence-electron chi connectivity index (χ1n) is 4.59. The molecule has 0 amide bonds. The second-order valence-electron chi connectivity index (χ2n) is 3.36. The van der Waals surface area contributed by atoms with Gasteiger partial charge in [0, 0.05) is 11.6 Å². The van der Waals surface area contributed by atoms with Gasteiger partial charge in [0.1, 0.15) is 0 Å². The fourth-order valence-corrected chi connectivity index (χ4v) is 1.64. The number of carboxylic acid groups (broad SMARTS) is 1. The number of alkyl halides is 3. The van der Waals surface area contributed by atoms with Crippen molar-refractivity contribution in [3.63, 3.8) is 0 Å². The van der Waals surface area contributed by atoms with Crippen LogP contribution < -0.4 is 0 Å². The molecule has 0 aliphatic heterocycles. The van der Waals surface area contributed by atoms with E-state index >= 15 is 0 Å². The standard InChI is InChI=1S/C11H6F3NO2/c12-11(13,14)9-6-2-1-5-15-8(6)4-3-7(9)10(16)17/h1-5H,(H,16,17). The molecule has 0 saturated carbocycles. The van der Waals surface area contributed by atoms with Crippen LogP contribution in [0.5, 0.6) is 0 Å². The van der Waals surface area contributed by atoms with E-state index in [4.69, 9.17) is 5.11 Å². The summed E-state index contributed by atoms with van der Waals surface area (Å²) in [6, 6.07) is 4.72. The second-order valence-corrected chi connectivity index (χ2v) is 3.36. The Morgan fingerprint density at radius 3 is 2.53 bits per heavy atom. The Hall–Kier alpha value is -2.11. The first-order chi connectivity index (χ1) is 7.91. The molecule has 6 heteroatoms. The highest BCUT2D eigenvalue weighted by Gasteiger charge is 2.37. The lowest BCUT2D eigenvalue weighted by Crippen LogP contribution is -2.13. The second kappa shape index (κ2) is 3.73. The van der Waals surface area contributed by atoms with Gasteiger partial charge < -0.3 is 5.11 Å². The number of hydrogen-bond acceptors (Lipinski definition) is 2. The first kappa shape index (κ1) is 11.4. The third-order valence-electron chi connectivity index (χ3n) is 2.30. The van der Waals surface area contributed by atoms with Crippen molar-refractivity contribution in [1.82, 2.24) is 4.98 Å². The SMILES string of the molecule is O=C(O)c1ccc2ncccc2c1C(F)(F)F. The average Bonchev–Trinajstić information content (AvgIpc) is 2.26. The molecule has 0 aliphatic carbocycles. The van der Waals surface area contributed by atoms with Crippen LogP contribution in [0.1, 0.15) is 15.9 Å². The Morgan fingerprint density at radius 2 is 1.94 bits per heavy atom. The summed E-state index contributed by atoms with van der Waals surface area (Å²) in [5.41, 5.74) is -1.81. The fraction of sp³-hybridized carbons (Fsp3) is 0.0909. The van der Waals surface area contributed by atoms with E-state index in [1.807, 2.05) is 0 Å². The van der Waals surface area contributed by atoms with Gasteiger partial charge in [0.2, 0.25) is 0 Å². The molecule has 88 valence electrons. The quantitative estimate of drug-likeness (QED) is 0.835. The van der Waals surface area contributed by atoms with Crippen LogP contribution in [0.15, 0.2) is 30.5 Å². The molecule has 2 rings (SSSR count). The molecule has 1 aromatic carbocycles. The molecule has 2 aromatic rings. The lowest BCUT2D eigenvalue weighted by atomic mass is 10.0. The Balaban J connectivity index is 2.90. The fourth-order valence-electron chi connectivity index (χ4n) is 1.64. The van der Waals surface area contributed by atoms with E-state index in [2.05, 4.69) is 4.98 Å². The minimum atomic E-state index is -4.73. The van der Waals surface area contributed by atoms with Crippen LogP contribution in [-0.2, 0) is 6.18 Å². The molecule has 1 aromatic heterocycles. The molecule has 0 fully saturated rings. The molecule has 0 unspecified atom stereocenters. The molecule has 3 nitrogen and oxygen atoms in total. The molecule has 0 spiro atoms. The number of fused-ring (bicyclic) bond motifs is 1. The van der Waals surface area contributed by atoms with E-state index in [1.165, 1.54) is 24.4 Å². The topological polar surface area (TPSA) is 50.2 Å². The highest BCUT2D eigenvalue weighted by atomic mass is 19.4. The molecule has 1 N–H and O–H groups in total. The number of rotatable bonds is 1. The maximum Gasteiger partial charge on any atom is 0.417 e. The van der Waals surface area contributed by atoms with E-state index in [0.717, 1.165) is 6.07 Å². The Kier molecular flexibility index (Phi) is 2.49. The molecule has 0 radical (unpaired) electrons. The van der Waals surface area contributed by atoms with Crippen molar-refractivity contribution >= 4 is 16.9 Å². The van der Waals surface area contributed by atoms with Crippen molar-refractivity contribution in [2.24, 2.45) is 0 Å². The molecule has 0 bridgehead atoms. The van der Waals surface area contributed by atoms with Gasteiger partial charge in [-0.25, -0.2) is 4.79 Å². The van der Waals surface area contributed by atoms with Crippen LogP contribution in [0.4, 0.5) is 13.2 Å². The highest BCUT2D eigenvalue weighted by molar-refractivity contribution is 5.97. The van der Waals surface area contributed by atoms with Gasteiger partial charge in [-0.2, -0.15) is 13.2 Å². The molecule has 0 atom stereocenters. The van der Waals surface area contributed by atoms with Crippen LogP contribution in [-0.4, -0.2) is 16.1 Å². The zero-order chi connectivity index (χ0) is 12.6. The van der Waals surface area contributed by atoms with Gasteiger partial charge in [-0.05, 0) is 18.2 Å². The minimum Gasteiger partial charge on any atom is -0.478 e. The smallest absolute Gasteiger partial charge is 0.417 e. The summed E-state index contributed by atoms with van der Waals surface area (Å²) >= 11 is 0. The van der Waals surface area contributed by atoms with Crippen molar-refractivity contribution in [2.45, 2.75) is 6.18 Å². The molecule has 0 saturated heterocycles. The van der Waals surface area contributed by atoms with Gasteiger partial charge in [0.25, 0.3) is 0 Å². The third-order valence-corrected chi connectivity index (χ3v) is 2.30. The number of hydrogen-bond donors (Lipinski definition) is 1. The molecule has 0 aliphatic rings. The summed E-state index contributed by atoms with van der Waals surface area (Å²) in [4.78, 5) is 14.6. The van der Waals surface area contributed by atoms with E-state index in [1.54, 1.807) is 0 Å². The summed E-state index contributed by atoms with van der Waals surface area (Å²) in [5.74, 6) is -1.61. The number of benzene rings is 1. The van der Waals surface area contributed by atoms with E-state index < -0.39 is 23.3 Å². The number of aromatic nitrogens is 1. The van der Waals surface area contributed by atoms with Crippen molar-refractivity contribution < 1.29 is 23.1 Å². The minimum absolute atomic E-state index is 0.116. The zero-order valence-electron chi connectivity index (χ0n) is 8.32. The maximum absolute atomic E-state index is 12.8. The summed E-state index contributed by atoms with van der Waals surface area (Å²) in [6.07, 6.45) is -3.38. The Labute approximate surface area is 93.5 Å². The summed E-state index contributed by atoms with van der Waals surface area (Å²) < 4.78 is 38.5. The monoisotopic (exact) mass is 241 g/mol. The lowest BCUT2D eigenvalue weighted by molar-refractivity contribution is -0.136. The number of pyridine rings is 1. The first-order valence-corrected chi connectivity index (χ1v) is 4.59. The number of aromatic carboxylic acids is 1. The predicted molar refractivity (Wildman–Crippen MR) is 53.7 cm³/mol. The van der Waals surface area contributed by atoms with Gasteiger partial charge in [0.15, 0.2) is 0 Å². The van der Waals surface area contributed by atoms with E-state index in [-0.39, 0.29) is 10.9 Å². The zero-order valence-corrected chi connectivity index (χ0v) is 8.32. The van der Waals surface area contributed by atoms with Gasteiger partial charge in [-0.15, -0.1) is 0 Å². The molecular formula is C11H6F3NO2. The Morgan fingerprint density at radius 1 is 1.24 bits per heavy atom. The normalized spacial score (nSPS) is 11.7. The highest BCUT2D eigenvalue weighted by Crippen LogP contribution is 2.36.